The number of hydrogen-bond acceptors (Lipinski definition) is 6. The molecule has 0 radical (unpaired) electrons. The van der Waals surface area contributed by atoms with Gasteiger partial charge in [0.1, 0.15) is 5.60 Å². The highest BCUT2D eigenvalue weighted by molar-refractivity contribution is 5.90. The Bertz CT molecular complexity index is 807. The van der Waals surface area contributed by atoms with Crippen molar-refractivity contribution >= 4 is 28.5 Å². The monoisotopic (exact) mass is 358 g/mol. The number of fused-ring (bicyclic) bond motifs is 1. The molecule has 0 saturated carbocycles. The third kappa shape index (κ3) is 4.26. The molecule has 26 heavy (non-hydrogen) atoms. The molecule has 1 fully saturated rings. The van der Waals surface area contributed by atoms with E-state index in [0.717, 1.165) is 16.6 Å². The molecule has 0 bridgehead atoms. The topological polar surface area (TPSA) is 116 Å². The highest BCUT2D eigenvalue weighted by atomic mass is 16.4. The summed E-state index contributed by atoms with van der Waals surface area (Å²) < 4.78 is 0. The molecule has 138 valence electrons. The van der Waals surface area contributed by atoms with Crippen LogP contribution in [0.15, 0.2) is 30.7 Å². The smallest absolute Gasteiger partial charge is 0.303 e. The summed E-state index contributed by atoms with van der Waals surface area (Å²) in [5, 5.41) is 23.0. The maximum Gasteiger partial charge on any atom is 0.303 e. The Hall–Kier alpha value is -2.74. The lowest BCUT2D eigenvalue weighted by molar-refractivity contribution is -0.137. The lowest BCUT2D eigenvalue weighted by atomic mass is 10.0. The summed E-state index contributed by atoms with van der Waals surface area (Å²) >= 11 is 0. The van der Waals surface area contributed by atoms with Crippen molar-refractivity contribution in [2.24, 2.45) is 0 Å². The van der Waals surface area contributed by atoms with E-state index in [1.165, 1.54) is 0 Å². The fourth-order valence-electron chi connectivity index (χ4n) is 3.21. The molecule has 3 N–H and O–H groups in total. The average molecular weight is 358 g/mol. The minimum Gasteiger partial charge on any atom is -0.481 e. The first kappa shape index (κ1) is 18.1. The van der Waals surface area contributed by atoms with Crippen LogP contribution in [0.1, 0.15) is 25.7 Å². The molecule has 3 rings (SSSR count). The second-order valence-electron chi connectivity index (χ2n) is 6.64. The second kappa shape index (κ2) is 7.65. The third-order valence-corrected chi connectivity index (χ3v) is 4.60. The predicted octanol–water partition coefficient (Wildman–Crippen LogP) is 0.942. The number of nitrogens with one attached hydrogen (secondary N) is 1. The summed E-state index contributed by atoms with van der Waals surface area (Å²) in [6, 6.07) is 3.75. The van der Waals surface area contributed by atoms with Crippen molar-refractivity contribution in [3.8, 4) is 0 Å². The first-order chi connectivity index (χ1) is 12.5. The van der Waals surface area contributed by atoms with Gasteiger partial charge in [-0.2, -0.15) is 0 Å². The number of carbonyl (C=O) groups excluding carboxylic acids is 1. The van der Waals surface area contributed by atoms with Gasteiger partial charge in [-0.1, -0.05) is 0 Å². The number of hydrogen-bond donors (Lipinski definition) is 3. The minimum absolute atomic E-state index is 0.0331. The van der Waals surface area contributed by atoms with Gasteiger partial charge in [-0.25, -0.2) is 0 Å². The zero-order chi connectivity index (χ0) is 18.6. The van der Waals surface area contributed by atoms with Crippen LogP contribution < -0.4 is 10.2 Å². The van der Waals surface area contributed by atoms with Crippen molar-refractivity contribution < 1.29 is 19.8 Å². The van der Waals surface area contributed by atoms with Crippen molar-refractivity contribution in [1.82, 2.24) is 15.3 Å². The van der Waals surface area contributed by atoms with E-state index in [4.69, 9.17) is 5.11 Å². The average Bonchev–Trinajstić information content (AvgIpc) is 3.02. The van der Waals surface area contributed by atoms with E-state index in [1.807, 2.05) is 12.1 Å². The van der Waals surface area contributed by atoms with Gasteiger partial charge in [0, 0.05) is 62.1 Å². The number of aromatic nitrogens is 2. The van der Waals surface area contributed by atoms with Crippen molar-refractivity contribution in [1.29, 1.82) is 0 Å². The molecule has 8 heteroatoms. The van der Waals surface area contributed by atoms with Crippen molar-refractivity contribution in [2.45, 2.75) is 31.3 Å². The minimum atomic E-state index is -1.01. The molecule has 0 aromatic carbocycles. The number of aliphatic carboxylic acids is 1. The fourth-order valence-corrected chi connectivity index (χ4v) is 3.21. The Labute approximate surface area is 150 Å². The van der Waals surface area contributed by atoms with Gasteiger partial charge in [0.05, 0.1) is 5.52 Å². The standard InChI is InChI=1S/C18H22N4O4/c23-16(2-1-3-17(24)25)21-11-18(26)6-9-22(12-18)15-5-8-20-14-4-7-19-10-13(14)15/h4-5,7-8,10,26H,1-3,6,9,11-12H2,(H,21,23)(H,24,25). The summed E-state index contributed by atoms with van der Waals surface area (Å²) in [7, 11) is 0. The molecule has 1 aliphatic heterocycles. The summed E-state index contributed by atoms with van der Waals surface area (Å²) in [6.07, 6.45) is 6.13. The SMILES string of the molecule is O=C(O)CCCC(=O)NCC1(O)CCN(c2ccnc3ccncc23)C1. The number of carboxylic acid groups (broad SMARTS) is 1. The number of rotatable bonds is 7. The molecule has 1 aliphatic rings. The van der Waals surface area contributed by atoms with Crippen molar-refractivity contribution in [3.63, 3.8) is 0 Å². The van der Waals surface area contributed by atoms with E-state index in [1.54, 1.807) is 18.6 Å². The Morgan fingerprint density at radius 3 is 2.92 bits per heavy atom. The molecule has 0 aliphatic carbocycles. The fraction of sp³-hybridized carbons (Fsp3) is 0.444. The van der Waals surface area contributed by atoms with Gasteiger partial charge in [-0.15, -0.1) is 0 Å². The van der Waals surface area contributed by atoms with Crippen LogP contribution in [-0.4, -0.2) is 57.3 Å². The molecule has 1 amide bonds. The van der Waals surface area contributed by atoms with Crippen LogP contribution in [0.4, 0.5) is 5.69 Å². The van der Waals surface area contributed by atoms with Crippen LogP contribution in [0.5, 0.6) is 0 Å². The number of anilines is 1. The first-order valence-corrected chi connectivity index (χ1v) is 8.61. The third-order valence-electron chi connectivity index (χ3n) is 4.60. The molecule has 0 spiro atoms. The van der Waals surface area contributed by atoms with Gasteiger partial charge >= 0.3 is 5.97 Å². The molecule has 8 nitrogen and oxygen atoms in total. The number of pyridine rings is 2. The number of amides is 1. The maximum atomic E-state index is 11.8. The number of aliphatic hydroxyl groups is 1. The zero-order valence-electron chi connectivity index (χ0n) is 14.4. The highest BCUT2D eigenvalue weighted by Crippen LogP contribution is 2.31. The van der Waals surface area contributed by atoms with Crippen molar-refractivity contribution in [3.05, 3.63) is 30.7 Å². The van der Waals surface area contributed by atoms with Crippen LogP contribution in [0.3, 0.4) is 0 Å². The summed E-state index contributed by atoms with van der Waals surface area (Å²) in [4.78, 5) is 32.8. The molecule has 1 saturated heterocycles. The maximum absolute atomic E-state index is 11.8. The second-order valence-corrected chi connectivity index (χ2v) is 6.64. The van der Waals surface area contributed by atoms with E-state index in [-0.39, 0.29) is 25.3 Å². The Morgan fingerprint density at radius 2 is 2.12 bits per heavy atom. The first-order valence-electron chi connectivity index (χ1n) is 8.61. The van der Waals surface area contributed by atoms with E-state index in [9.17, 15) is 14.7 Å². The van der Waals surface area contributed by atoms with Gasteiger partial charge in [0.15, 0.2) is 0 Å². The van der Waals surface area contributed by atoms with Crippen LogP contribution in [0.25, 0.3) is 10.9 Å². The molecule has 1 atom stereocenters. The Balaban J connectivity index is 1.58. The van der Waals surface area contributed by atoms with Crippen LogP contribution in [0.2, 0.25) is 0 Å². The van der Waals surface area contributed by atoms with Crippen LogP contribution >= 0.6 is 0 Å². The summed E-state index contributed by atoms with van der Waals surface area (Å²) in [5.41, 5.74) is 0.798. The number of nitrogens with zero attached hydrogens (tertiary/aromatic N) is 3. The molecular weight excluding hydrogens is 336 g/mol. The van der Waals surface area contributed by atoms with Crippen molar-refractivity contribution in [2.75, 3.05) is 24.5 Å². The van der Waals surface area contributed by atoms with Gasteiger partial charge < -0.3 is 20.4 Å². The number of carbonyl (C=O) groups is 2. The lowest BCUT2D eigenvalue weighted by Crippen LogP contribution is -2.45. The molecular formula is C18H22N4O4. The normalized spacial score (nSPS) is 19.7. The molecule has 3 heterocycles. The van der Waals surface area contributed by atoms with E-state index < -0.39 is 11.6 Å². The molecule has 2 aromatic rings. The largest absolute Gasteiger partial charge is 0.481 e. The molecule has 1 unspecified atom stereocenters. The van der Waals surface area contributed by atoms with Gasteiger partial charge in [0.2, 0.25) is 5.91 Å². The summed E-state index contributed by atoms with van der Waals surface area (Å²) in [5.74, 6) is -1.15. The van der Waals surface area contributed by atoms with E-state index in [0.29, 0.717) is 25.9 Å². The quantitative estimate of drug-likeness (QED) is 0.674. The Kier molecular flexibility index (Phi) is 5.32. The number of β-amino-alcohol motifs (C(OH)–C–C–N with tert-alkyl or cyclic N) is 1. The van der Waals surface area contributed by atoms with E-state index in [2.05, 4.69) is 20.2 Å². The van der Waals surface area contributed by atoms with E-state index >= 15 is 0 Å². The predicted molar refractivity (Wildman–Crippen MR) is 95.8 cm³/mol. The molecule has 2 aromatic heterocycles. The lowest BCUT2D eigenvalue weighted by Gasteiger charge is -2.25. The van der Waals surface area contributed by atoms with Gasteiger partial charge in [0.25, 0.3) is 0 Å². The van der Waals surface area contributed by atoms with Gasteiger partial charge in [-0.05, 0) is 25.0 Å². The summed E-state index contributed by atoms with van der Waals surface area (Å²) in [6.45, 7) is 1.21. The highest BCUT2D eigenvalue weighted by Gasteiger charge is 2.36. The van der Waals surface area contributed by atoms with Crippen LogP contribution in [-0.2, 0) is 9.59 Å². The van der Waals surface area contributed by atoms with Gasteiger partial charge in [-0.3, -0.25) is 19.6 Å². The zero-order valence-corrected chi connectivity index (χ0v) is 14.4. The van der Waals surface area contributed by atoms with Crippen LogP contribution in [0, 0.1) is 0 Å². The number of carboxylic acids is 1. The Morgan fingerprint density at radius 1 is 1.27 bits per heavy atom.